The van der Waals surface area contributed by atoms with Gasteiger partial charge in [-0.05, 0) is 23.6 Å². The normalized spacial score (nSPS) is 18.4. The Balaban J connectivity index is 2.03. The summed E-state index contributed by atoms with van der Waals surface area (Å²) in [7, 11) is -0.990. The molecule has 1 aromatic carbocycles. The molecule has 3 rings (SSSR count). The topological polar surface area (TPSA) is 37.4 Å². The Morgan fingerprint density at radius 3 is 2.83 bits per heavy atom. The highest BCUT2D eigenvalue weighted by molar-refractivity contribution is 7.85. The average Bonchev–Trinajstić information content (AvgIpc) is 2.93. The molecular weight excluding hydrogens is 266 g/mol. The minimum Gasteiger partial charge on any atom is -0.306 e. The summed E-state index contributed by atoms with van der Waals surface area (Å²) in [6, 6.07) is 11.1. The molecule has 2 heterocycles. The zero-order chi connectivity index (χ0) is 12.5. The van der Waals surface area contributed by atoms with Crippen molar-refractivity contribution < 1.29 is 9.00 Å². The van der Waals surface area contributed by atoms with Crippen molar-refractivity contribution in [2.75, 3.05) is 17.2 Å². The standard InChI is InChI=1S/C13H11NO2S2/c15-13(11-5-3-8-17-11)14-7-9-18(16)12-6-2-1-4-10(12)14/h1-6,8H,7,9H2. The zero-order valence-electron chi connectivity index (χ0n) is 9.54. The van der Waals surface area contributed by atoms with Gasteiger partial charge in [0.25, 0.3) is 5.91 Å². The van der Waals surface area contributed by atoms with Gasteiger partial charge in [0, 0.05) is 12.3 Å². The molecule has 92 valence electrons. The number of rotatable bonds is 1. The van der Waals surface area contributed by atoms with Crippen LogP contribution >= 0.6 is 11.3 Å². The van der Waals surface area contributed by atoms with Gasteiger partial charge < -0.3 is 4.90 Å². The molecule has 3 nitrogen and oxygen atoms in total. The summed E-state index contributed by atoms with van der Waals surface area (Å²) in [5.74, 6) is 0.503. The average molecular weight is 277 g/mol. The van der Waals surface area contributed by atoms with Crippen LogP contribution in [0.3, 0.4) is 0 Å². The maximum Gasteiger partial charge on any atom is 0.268 e. The molecule has 5 heteroatoms. The zero-order valence-corrected chi connectivity index (χ0v) is 11.2. The summed E-state index contributed by atoms with van der Waals surface area (Å²) < 4.78 is 11.9. The molecule has 0 bridgehead atoms. The SMILES string of the molecule is O=C(c1cccs1)N1CCS(=O)c2ccccc21. The van der Waals surface area contributed by atoms with Crippen LogP contribution in [0.5, 0.6) is 0 Å². The molecule has 0 radical (unpaired) electrons. The quantitative estimate of drug-likeness (QED) is 0.803. The molecule has 0 spiro atoms. The van der Waals surface area contributed by atoms with Gasteiger partial charge in [-0.2, -0.15) is 0 Å². The van der Waals surface area contributed by atoms with E-state index in [1.165, 1.54) is 11.3 Å². The van der Waals surface area contributed by atoms with E-state index < -0.39 is 10.8 Å². The van der Waals surface area contributed by atoms with E-state index in [1.54, 1.807) is 4.90 Å². The van der Waals surface area contributed by atoms with Crippen molar-refractivity contribution in [3.8, 4) is 0 Å². The Hall–Kier alpha value is -1.46. The van der Waals surface area contributed by atoms with E-state index in [0.29, 0.717) is 12.3 Å². The van der Waals surface area contributed by atoms with Crippen LogP contribution in [0.25, 0.3) is 0 Å². The number of amides is 1. The number of fused-ring (bicyclic) bond motifs is 1. The lowest BCUT2D eigenvalue weighted by Crippen LogP contribution is -2.37. The molecule has 1 atom stereocenters. The number of carbonyl (C=O) groups excluding carboxylic acids is 1. The third-order valence-electron chi connectivity index (χ3n) is 2.88. The highest BCUT2D eigenvalue weighted by atomic mass is 32.2. The van der Waals surface area contributed by atoms with Crippen LogP contribution in [0, 0.1) is 0 Å². The first-order valence-corrected chi connectivity index (χ1v) is 7.80. The second-order valence-corrected chi connectivity index (χ2v) is 6.44. The van der Waals surface area contributed by atoms with Crippen molar-refractivity contribution in [1.29, 1.82) is 0 Å². The number of para-hydroxylation sites is 1. The molecule has 0 aliphatic carbocycles. The van der Waals surface area contributed by atoms with Gasteiger partial charge in [0.05, 0.1) is 26.3 Å². The van der Waals surface area contributed by atoms with Crippen molar-refractivity contribution >= 4 is 33.7 Å². The monoisotopic (exact) mass is 277 g/mol. The van der Waals surface area contributed by atoms with Gasteiger partial charge in [-0.25, -0.2) is 0 Å². The van der Waals surface area contributed by atoms with Crippen LogP contribution in [0.4, 0.5) is 5.69 Å². The minimum atomic E-state index is -0.990. The highest BCUT2D eigenvalue weighted by Gasteiger charge is 2.27. The summed E-state index contributed by atoms with van der Waals surface area (Å²) in [5.41, 5.74) is 0.778. The third kappa shape index (κ3) is 1.89. The molecule has 18 heavy (non-hydrogen) atoms. The van der Waals surface area contributed by atoms with E-state index >= 15 is 0 Å². The second-order valence-electron chi connectivity index (χ2n) is 3.95. The van der Waals surface area contributed by atoms with E-state index in [1.807, 2.05) is 41.8 Å². The number of hydrogen-bond acceptors (Lipinski definition) is 3. The predicted molar refractivity (Wildman–Crippen MR) is 73.7 cm³/mol. The Kier molecular flexibility index (Phi) is 3.01. The van der Waals surface area contributed by atoms with E-state index in [4.69, 9.17) is 0 Å². The van der Waals surface area contributed by atoms with E-state index in [-0.39, 0.29) is 5.91 Å². The number of hydrogen-bond donors (Lipinski definition) is 0. The Labute approximate surface area is 112 Å². The Morgan fingerprint density at radius 2 is 2.06 bits per heavy atom. The van der Waals surface area contributed by atoms with Crippen LogP contribution in [0.1, 0.15) is 9.67 Å². The largest absolute Gasteiger partial charge is 0.306 e. The third-order valence-corrected chi connectivity index (χ3v) is 5.13. The number of nitrogens with zero attached hydrogens (tertiary/aromatic N) is 1. The van der Waals surface area contributed by atoms with Crippen molar-refractivity contribution in [3.63, 3.8) is 0 Å². The van der Waals surface area contributed by atoms with Gasteiger partial charge in [-0.3, -0.25) is 9.00 Å². The Morgan fingerprint density at radius 1 is 1.22 bits per heavy atom. The minimum absolute atomic E-state index is 0.00542. The first-order chi connectivity index (χ1) is 8.77. The lowest BCUT2D eigenvalue weighted by Gasteiger charge is -2.28. The fourth-order valence-electron chi connectivity index (χ4n) is 2.02. The summed E-state index contributed by atoms with van der Waals surface area (Å²) in [6.45, 7) is 0.514. The van der Waals surface area contributed by atoms with Gasteiger partial charge in [-0.1, -0.05) is 18.2 Å². The molecule has 2 aromatic rings. The predicted octanol–water partition coefficient (Wildman–Crippen LogP) is 2.52. The maximum atomic E-state index is 12.4. The lowest BCUT2D eigenvalue weighted by atomic mass is 10.2. The highest BCUT2D eigenvalue weighted by Crippen LogP contribution is 2.29. The van der Waals surface area contributed by atoms with Crippen LogP contribution in [-0.2, 0) is 10.8 Å². The van der Waals surface area contributed by atoms with Gasteiger partial charge in [-0.15, -0.1) is 11.3 Å². The fourth-order valence-corrected chi connectivity index (χ4v) is 3.90. The molecule has 0 saturated heterocycles. The number of benzene rings is 1. The number of carbonyl (C=O) groups is 1. The molecule has 1 aromatic heterocycles. The summed E-state index contributed by atoms with van der Waals surface area (Å²) in [5, 5.41) is 1.89. The van der Waals surface area contributed by atoms with Gasteiger partial charge in [0.1, 0.15) is 0 Å². The van der Waals surface area contributed by atoms with Crippen molar-refractivity contribution in [3.05, 3.63) is 46.7 Å². The van der Waals surface area contributed by atoms with Crippen molar-refractivity contribution in [2.24, 2.45) is 0 Å². The molecule has 0 fully saturated rings. The molecule has 1 unspecified atom stereocenters. The van der Waals surface area contributed by atoms with Crippen LogP contribution in [-0.4, -0.2) is 22.4 Å². The molecule has 1 amide bonds. The fraction of sp³-hybridized carbons (Fsp3) is 0.154. The van der Waals surface area contributed by atoms with Crippen LogP contribution in [0.15, 0.2) is 46.7 Å². The summed E-state index contributed by atoms with van der Waals surface area (Å²) >= 11 is 1.43. The number of anilines is 1. The van der Waals surface area contributed by atoms with E-state index in [2.05, 4.69) is 0 Å². The van der Waals surface area contributed by atoms with Gasteiger partial charge >= 0.3 is 0 Å². The van der Waals surface area contributed by atoms with Crippen LogP contribution < -0.4 is 4.90 Å². The molecule has 1 aliphatic heterocycles. The summed E-state index contributed by atoms with van der Waals surface area (Å²) in [4.78, 5) is 15.6. The maximum absolute atomic E-state index is 12.4. The van der Waals surface area contributed by atoms with Crippen molar-refractivity contribution in [2.45, 2.75) is 4.90 Å². The molecular formula is C13H11NO2S2. The van der Waals surface area contributed by atoms with Crippen LogP contribution in [0.2, 0.25) is 0 Å². The van der Waals surface area contributed by atoms with E-state index in [9.17, 15) is 9.00 Å². The second kappa shape index (κ2) is 4.66. The Bertz CT molecular complexity index is 607. The van der Waals surface area contributed by atoms with Gasteiger partial charge in [0.2, 0.25) is 0 Å². The van der Waals surface area contributed by atoms with E-state index in [0.717, 1.165) is 15.5 Å². The molecule has 1 aliphatic rings. The first-order valence-electron chi connectivity index (χ1n) is 5.60. The first kappa shape index (κ1) is 11.6. The molecule has 0 saturated carbocycles. The summed E-state index contributed by atoms with van der Waals surface area (Å²) in [6.07, 6.45) is 0. The number of thiophene rings is 1. The van der Waals surface area contributed by atoms with Gasteiger partial charge in [0.15, 0.2) is 0 Å². The smallest absolute Gasteiger partial charge is 0.268 e. The molecule has 0 N–H and O–H groups in total. The lowest BCUT2D eigenvalue weighted by molar-refractivity contribution is 0.0991. The van der Waals surface area contributed by atoms with Crippen molar-refractivity contribution in [1.82, 2.24) is 0 Å².